The zero-order chi connectivity index (χ0) is 13.5. The number of anilines is 1. The molecule has 20 heavy (non-hydrogen) atoms. The summed E-state index contributed by atoms with van der Waals surface area (Å²) in [5.41, 5.74) is 1.01. The van der Waals surface area contributed by atoms with Crippen LogP contribution >= 0.6 is 0 Å². The number of nitrogens with zero attached hydrogens (tertiary/aromatic N) is 2. The highest BCUT2D eigenvalue weighted by atomic mass is 15.2. The molecule has 0 aliphatic heterocycles. The van der Waals surface area contributed by atoms with Crippen molar-refractivity contribution in [2.24, 2.45) is 17.8 Å². The number of nitrogens with one attached hydrogen (secondary N) is 1. The maximum absolute atomic E-state index is 4.37. The topological polar surface area (TPSA) is 37.8 Å². The molecule has 2 saturated carbocycles. The lowest BCUT2D eigenvalue weighted by Crippen LogP contribution is -2.20. The van der Waals surface area contributed by atoms with Gasteiger partial charge in [0.05, 0.1) is 5.69 Å². The minimum absolute atomic E-state index is 0.843. The smallest absolute Gasteiger partial charge is 0.156 e. The monoisotopic (exact) mass is 267 g/mol. The van der Waals surface area contributed by atoms with Crippen molar-refractivity contribution in [1.29, 1.82) is 0 Å². The average Bonchev–Trinajstić information content (AvgIpc) is 3.09. The van der Waals surface area contributed by atoms with Crippen molar-refractivity contribution in [3.05, 3.63) is 30.0 Å². The molecule has 0 saturated heterocycles. The van der Waals surface area contributed by atoms with Crippen LogP contribution in [0.1, 0.15) is 31.4 Å². The van der Waals surface area contributed by atoms with Crippen LogP contribution in [0.5, 0.6) is 0 Å². The average molecular weight is 267 g/mol. The van der Waals surface area contributed by atoms with Crippen LogP contribution in [0.2, 0.25) is 0 Å². The van der Waals surface area contributed by atoms with Crippen LogP contribution in [-0.2, 0) is 0 Å². The molecule has 1 heterocycles. The first-order valence-corrected chi connectivity index (χ1v) is 7.77. The molecule has 3 unspecified atom stereocenters. The number of fused-ring (bicyclic) bond motifs is 3. The molecule has 0 amide bonds. The van der Waals surface area contributed by atoms with E-state index in [0.29, 0.717) is 0 Å². The van der Waals surface area contributed by atoms with E-state index in [2.05, 4.69) is 39.8 Å². The molecule has 2 bridgehead atoms. The number of rotatable bonds is 3. The first kappa shape index (κ1) is 12.1. The predicted molar refractivity (Wildman–Crippen MR) is 81.7 cm³/mol. The quantitative estimate of drug-likeness (QED) is 0.919. The summed E-state index contributed by atoms with van der Waals surface area (Å²) in [6.07, 6.45) is 5.79. The highest BCUT2D eigenvalue weighted by molar-refractivity contribution is 5.92. The number of aromatic nitrogens is 2. The summed E-state index contributed by atoms with van der Waals surface area (Å²) in [5, 5.41) is 14.6. The van der Waals surface area contributed by atoms with Crippen molar-refractivity contribution >= 4 is 16.6 Å². The second-order valence-corrected chi connectivity index (χ2v) is 6.50. The Morgan fingerprint density at radius 3 is 2.70 bits per heavy atom. The summed E-state index contributed by atoms with van der Waals surface area (Å²) >= 11 is 0. The molecule has 3 atom stereocenters. The fourth-order valence-electron chi connectivity index (χ4n) is 4.22. The number of benzene rings is 1. The van der Waals surface area contributed by atoms with Gasteiger partial charge in [-0.15, -0.1) is 5.10 Å². The van der Waals surface area contributed by atoms with Crippen LogP contribution in [0.25, 0.3) is 10.8 Å². The molecule has 3 heteroatoms. The fraction of sp³-hybridized carbons (Fsp3) is 0.529. The molecule has 1 N–H and O–H groups in total. The van der Waals surface area contributed by atoms with E-state index >= 15 is 0 Å². The van der Waals surface area contributed by atoms with Gasteiger partial charge >= 0.3 is 0 Å². The molecular formula is C17H21N3. The molecule has 3 nitrogen and oxygen atoms in total. The highest BCUT2D eigenvalue weighted by Gasteiger charge is 2.39. The second-order valence-electron chi connectivity index (χ2n) is 6.50. The van der Waals surface area contributed by atoms with Crippen LogP contribution in [0.4, 0.5) is 5.82 Å². The Kier molecular flexibility index (Phi) is 2.86. The Morgan fingerprint density at radius 1 is 1.10 bits per heavy atom. The molecule has 0 radical (unpaired) electrons. The maximum Gasteiger partial charge on any atom is 0.156 e. The van der Waals surface area contributed by atoms with Crippen molar-refractivity contribution in [1.82, 2.24) is 10.2 Å². The van der Waals surface area contributed by atoms with E-state index in [1.807, 2.05) is 6.92 Å². The summed E-state index contributed by atoms with van der Waals surface area (Å²) in [6.45, 7) is 3.08. The molecule has 2 fully saturated rings. The van der Waals surface area contributed by atoms with Crippen molar-refractivity contribution in [3.8, 4) is 0 Å². The molecular weight excluding hydrogens is 246 g/mol. The molecule has 1 aromatic carbocycles. The minimum atomic E-state index is 0.843. The molecule has 0 spiro atoms. The Labute approximate surface area is 119 Å². The molecule has 2 aliphatic carbocycles. The summed E-state index contributed by atoms with van der Waals surface area (Å²) in [6, 6.07) is 8.41. The van der Waals surface area contributed by atoms with Gasteiger partial charge in [-0.2, -0.15) is 5.10 Å². The van der Waals surface area contributed by atoms with E-state index in [9.17, 15) is 0 Å². The number of hydrogen-bond acceptors (Lipinski definition) is 3. The predicted octanol–water partition coefficient (Wildman–Crippen LogP) is 3.79. The lowest BCUT2D eigenvalue weighted by Gasteiger charge is -2.22. The zero-order valence-electron chi connectivity index (χ0n) is 12.0. The molecule has 2 aromatic rings. The summed E-state index contributed by atoms with van der Waals surface area (Å²) in [4.78, 5) is 0. The van der Waals surface area contributed by atoms with Crippen molar-refractivity contribution in [2.75, 3.05) is 11.9 Å². The Balaban J connectivity index is 1.56. The van der Waals surface area contributed by atoms with Gasteiger partial charge in [-0.1, -0.05) is 30.7 Å². The number of hydrogen-bond donors (Lipinski definition) is 1. The standard InChI is InChI=1S/C17H21N3/c1-11-15-4-2-3-5-16(15)17(20-19-11)18-10-14-9-12-6-7-13(14)8-12/h2-5,12-14H,6-10H2,1H3,(H,18,20). The van der Waals surface area contributed by atoms with E-state index in [1.165, 1.54) is 36.5 Å². The second kappa shape index (κ2) is 4.72. The van der Waals surface area contributed by atoms with Gasteiger partial charge in [0, 0.05) is 17.3 Å². The third-order valence-electron chi connectivity index (χ3n) is 5.29. The van der Waals surface area contributed by atoms with E-state index < -0.39 is 0 Å². The van der Waals surface area contributed by atoms with Crippen LogP contribution in [0.3, 0.4) is 0 Å². The molecule has 1 aromatic heterocycles. The van der Waals surface area contributed by atoms with Gasteiger partial charge in [-0.3, -0.25) is 0 Å². The van der Waals surface area contributed by atoms with Gasteiger partial charge in [-0.25, -0.2) is 0 Å². The van der Waals surface area contributed by atoms with Crippen LogP contribution in [-0.4, -0.2) is 16.7 Å². The van der Waals surface area contributed by atoms with Crippen molar-refractivity contribution in [3.63, 3.8) is 0 Å². The van der Waals surface area contributed by atoms with Gasteiger partial charge in [-0.05, 0) is 43.9 Å². The molecule has 4 rings (SSSR count). The van der Waals surface area contributed by atoms with E-state index in [4.69, 9.17) is 0 Å². The highest BCUT2D eigenvalue weighted by Crippen LogP contribution is 2.48. The van der Waals surface area contributed by atoms with Gasteiger partial charge < -0.3 is 5.32 Å². The zero-order valence-corrected chi connectivity index (χ0v) is 12.0. The summed E-state index contributed by atoms with van der Waals surface area (Å²) in [5.74, 6) is 3.76. The Hall–Kier alpha value is -1.64. The largest absolute Gasteiger partial charge is 0.368 e. The lowest BCUT2D eigenvalue weighted by atomic mass is 9.89. The Morgan fingerprint density at radius 2 is 1.95 bits per heavy atom. The van der Waals surface area contributed by atoms with Gasteiger partial charge in [0.1, 0.15) is 0 Å². The van der Waals surface area contributed by atoms with Gasteiger partial charge in [0.25, 0.3) is 0 Å². The lowest BCUT2D eigenvalue weighted by molar-refractivity contribution is 0.348. The maximum atomic E-state index is 4.37. The first-order chi connectivity index (χ1) is 9.81. The summed E-state index contributed by atoms with van der Waals surface area (Å²) < 4.78 is 0. The fourth-order valence-corrected chi connectivity index (χ4v) is 4.22. The van der Waals surface area contributed by atoms with Crippen molar-refractivity contribution in [2.45, 2.75) is 32.6 Å². The van der Waals surface area contributed by atoms with Gasteiger partial charge in [0.2, 0.25) is 0 Å². The normalized spacial score (nSPS) is 28.1. The van der Waals surface area contributed by atoms with Crippen LogP contribution < -0.4 is 5.32 Å². The molecule has 104 valence electrons. The van der Waals surface area contributed by atoms with Crippen LogP contribution in [0.15, 0.2) is 24.3 Å². The van der Waals surface area contributed by atoms with E-state index in [-0.39, 0.29) is 0 Å². The van der Waals surface area contributed by atoms with E-state index in [0.717, 1.165) is 35.8 Å². The Bertz CT molecular complexity index is 637. The molecule has 2 aliphatic rings. The van der Waals surface area contributed by atoms with Gasteiger partial charge in [0.15, 0.2) is 5.82 Å². The first-order valence-electron chi connectivity index (χ1n) is 7.77. The third kappa shape index (κ3) is 1.96. The SMILES string of the molecule is Cc1nnc(NCC2CC3CCC2C3)c2ccccc12. The number of aryl methyl sites for hydroxylation is 1. The minimum Gasteiger partial charge on any atom is -0.368 e. The van der Waals surface area contributed by atoms with E-state index in [1.54, 1.807) is 0 Å². The summed E-state index contributed by atoms with van der Waals surface area (Å²) in [7, 11) is 0. The van der Waals surface area contributed by atoms with Crippen LogP contribution in [0, 0.1) is 24.7 Å². The third-order valence-corrected chi connectivity index (χ3v) is 5.29. The van der Waals surface area contributed by atoms with Crippen molar-refractivity contribution < 1.29 is 0 Å².